The zero-order chi connectivity index (χ0) is 16.9. The molecule has 0 heterocycles. The molecule has 0 saturated heterocycles. The van der Waals surface area contributed by atoms with E-state index in [4.69, 9.17) is 20.9 Å². The highest BCUT2D eigenvalue weighted by Gasteiger charge is 2.05. The third-order valence-corrected chi connectivity index (χ3v) is 4.02. The van der Waals surface area contributed by atoms with Crippen molar-refractivity contribution in [2.75, 3.05) is 25.7 Å². The van der Waals surface area contributed by atoms with Gasteiger partial charge in [-0.05, 0) is 81.1 Å². The molecule has 0 saturated carbocycles. The van der Waals surface area contributed by atoms with Crippen LogP contribution < -0.4 is 20.9 Å². The molecule has 0 unspecified atom stereocenters. The van der Waals surface area contributed by atoms with Crippen LogP contribution in [0.4, 0.5) is 11.4 Å². The number of methoxy groups -OCH3 is 2. The molecule has 0 spiro atoms. The predicted octanol–water partition coefficient (Wildman–Crippen LogP) is 4.70. The lowest BCUT2D eigenvalue weighted by Crippen LogP contribution is -1.98. The number of ether oxygens (including phenoxy) is 2. The summed E-state index contributed by atoms with van der Waals surface area (Å²) in [5.41, 5.74) is 14.7. The smallest absolute Gasteiger partial charge is 0.164 e. The third kappa shape index (κ3) is 4.81. The molecule has 120 valence electrons. The molecule has 6 heteroatoms. The second-order valence-electron chi connectivity index (χ2n) is 4.74. The number of nitrogens with two attached hydrogens (primary N) is 2. The SMILES string of the molecule is COc1c(Br)cc(C)cc1Br.COc1c(N)cc(C)cc1N. The van der Waals surface area contributed by atoms with Crippen LogP contribution in [0.5, 0.6) is 11.5 Å². The van der Waals surface area contributed by atoms with Crippen molar-refractivity contribution in [2.45, 2.75) is 13.8 Å². The standard InChI is InChI=1S/C8H8Br2O.C8H12N2O/c2*1-5-3-6(9)8(11-2)7(10)4-5/h3-4H,1-2H3;3-4H,9-10H2,1-2H3. The minimum atomic E-state index is 0.565. The number of halogens is 2. The van der Waals surface area contributed by atoms with Gasteiger partial charge in [0, 0.05) is 0 Å². The van der Waals surface area contributed by atoms with Gasteiger partial charge in [0.25, 0.3) is 0 Å². The fourth-order valence-corrected chi connectivity index (χ4v) is 3.69. The molecule has 0 amide bonds. The number of aryl methyl sites for hydroxylation is 2. The van der Waals surface area contributed by atoms with Crippen LogP contribution in [0, 0.1) is 13.8 Å². The number of hydrogen-bond donors (Lipinski definition) is 2. The Morgan fingerprint density at radius 3 is 1.45 bits per heavy atom. The number of hydrogen-bond acceptors (Lipinski definition) is 4. The van der Waals surface area contributed by atoms with Crippen molar-refractivity contribution in [3.63, 3.8) is 0 Å². The average molecular weight is 432 g/mol. The zero-order valence-electron chi connectivity index (χ0n) is 13.0. The molecule has 0 fully saturated rings. The highest BCUT2D eigenvalue weighted by molar-refractivity contribution is 9.11. The number of rotatable bonds is 2. The van der Waals surface area contributed by atoms with Gasteiger partial charge in [-0.3, -0.25) is 0 Å². The van der Waals surface area contributed by atoms with Crippen LogP contribution in [0.3, 0.4) is 0 Å². The Labute approximate surface area is 148 Å². The second-order valence-corrected chi connectivity index (χ2v) is 6.45. The average Bonchev–Trinajstić information content (AvgIpc) is 2.38. The van der Waals surface area contributed by atoms with Gasteiger partial charge in [-0.1, -0.05) is 0 Å². The van der Waals surface area contributed by atoms with Crippen LogP contribution in [0.25, 0.3) is 0 Å². The van der Waals surface area contributed by atoms with E-state index in [0.717, 1.165) is 20.3 Å². The lowest BCUT2D eigenvalue weighted by atomic mass is 10.2. The van der Waals surface area contributed by atoms with Crippen LogP contribution in [0.1, 0.15) is 11.1 Å². The Hall–Kier alpha value is -1.40. The molecule has 2 aromatic rings. The van der Waals surface area contributed by atoms with Gasteiger partial charge in [-0.2, -0.15) is 0 Å². The van der Waals surface area contributed by atoms with Crippen LogP contribution in [0.15, 0.2) is 33.2 Å². The fourth-order valence-electron chi connectivity index (χ4n) is 1.95. The first kappa shape index (κ1) is 18.6. The van der Waals surface area contributed by atoms with Crippen LogP contribution >= 0.6 is 31.9 Å². The summed E-state index contributed by atoms with van der Waals surface area (Å²) in [6.07, 6.45) is 0. The van der Waals surface area contributed by atoms with Crippen molar-refractivity contribution < 1.29 is 9.47 Å². The topological polar surface area (TPSA) is 70.5 Å². The van der Waals surface area contributed by atoms with Crippen LogP contribution in [-0.4, -0.2) is 14.2 Å². The van der Waals surface area contributed by atoms with Gasteiger partial charge in [0.2, 0.25) is 0 Å². The van der Waals surface area contributed by atoms with Crippen molar-refractivity contribution in [1.82, 2.24) is 0 Å². The van der Waals surface area contributed by atoms with Crippen molar-refractivity contribution in [1.29, 1.82) is 0 Å². The van der Waals surface area contributed by atoms with E-state index >= 15 is 0 Å². The van der Waals surface area contributed by atoms with Crippen LogP contribution in [0.2, 0.25) is 0 Å². The molecule has 2 aromatic carbocycles. The summed E-state index contributed by atoms with van der Waals surface area (Å²) in [5, 5.41) is 0. The second kappa shape index (κ2) is 8.29. The molecule has 2 rings (SSSR count). The number of benzene rings is 2. The monoisotopic (exact) mass is 430 g/mol. The van der Waals surface area contributed by atoms with Crippen LogP contribution in [-0.2, 0) is 0 Å². The quantitative estimate of drug-likeness (QED) is 0.676. The first-order chi connectivity index (χ1) is 10.3. The molecular formula is C16H20Br2N2O2. The van der Waals surface area contributed by atoms with E-state index in [-0.39, 0.29) is 0 Å². The summed E-state index contributed by atoms with van der Waals surface area (Å²) in [5.74, 6) is 1.41. The van der Waals surface area contributed by atoms with E-state index in [2.05, 4.69) is 31.9 Å². The first-order valence-corrected chi connectivity index (χ1v) is 8.08. The van der Waals surface area contributed by atoms with Gasteiger partial charge in [0.1, 0.15) is 5.75 Å². The highest BCUT2D eigenvalue weighted by atomic mass is 79.9. The molecule has 4 nitrogen and oxygen atoms in total. The van der Waals surface area contributed by atoms with E-state index in [1.54, 1.807) is 14.2 Å². The van der Waals surface area contributed by atoms with E-state index < -0.39 is 0 Å². The molecule has 0 bridgehead atoms. The Kier molecular flexibility index (Phi) is 7.03. The maximum absolute atomic E-state index is 5.63. The summed E-state index contributed by atoms with van der Waals surface area (Å²) in [6, 6.07) is 7.69. The van der Waals surface area contributed by atoms with E-state index in [1.807, 2.05) is 38.1 Å². The lowest BCUT2D eigenvalue weighted by molar-refractivity contribution is 0.409. The normalized spacial score (nSPS) is 9.73. The summed E-state index contributed by atoms with van der Waals surface area (Å²) in [4.78, 5) is 0. The third-order valence-electron chi connectivity index (χ3n) is 2.84. The lowest BCUT2D eigenvalue weighted by Gasteiger charge is -2.07. The molecule has 22 heavy (non-hydrogen) atoms. The molecular weight excluding hydrogens is 412 g/mol. The number of anilines is 2. The molecule has 0 aliphatic carbocycles. The Bertz CT molecular complexity index is 557. The molecule has 4 N–H and O–H groups in total. The molecule has 0 radical (unpaired) electrons. The maximum Gasteiger partial charge on any atom is 0.164 e. The number of nitrogen functional groups attached to an aromatic ring is 2. The largest absolute Gasteiger partial charge is 0.494 e. The van der Waals surface area contributed by atoms with E-state index in [1.165, 1.54) is 5.56 Å². The van der Waals surface area contributed by atoms with Crippen molar-refractivity contribution in [2.24, 2.45) is 0 Å². The van der Waals surface area contributed by atoms with Crippen molar-refractivity contribution >= 4 is 43.2 Å². The van der Waals surface area contributed by atoms with Gasteiger partial charge in [0.15, 0.2) is 5.75 Å². The Morgan fingerprint density at radius 2 is 1.09 bits per heavy atom. The maximum atomic E-state index is 5.63. The van der Waals surface area contributed by atoms with Gasteiger partial charge in [0.05, 0.1) is 34.5 Å². The molecule has 0 aromatic heterocycles. The highest BCUT2D eigenvalue weighted by Crippen LogP contribution is 2.34. The Morgan fingerprint density at radius 1 is 0.727 bits per heavy atom. The predicted molar refractivity (Wildman–Crippen MR) is 99.7 cm³/mol. The van der Waals surface area contributed by atoms with Crippen molar-refractivity contribution in [3.05, 3.63) is 44.3 Å². The first-order valence-electron chi connectivity index (χ1n) is 6.49. The summed E-state index contributed by atoms with van der Waals surface area (Å²) < 4.78 is 12.1. The molecule has 0 atom stereocenters. The van der Waals surface area contributed by atoms with E-state index in [0.29, 0.717) is 17.1 Å². The Balaban J connectivity index is 0.000000220. The zero-order valence-corrected chi connectivity index (χ0v) is 16.2. The summed E-state index contributed by atoms with van der Waals surface area (Å²) in [7, 11) is 3.21. The van der Waals surface area contributed by atoms with Gasteiger partial charge in [-0.25, -0.2) is 0 Å². The van der Waals surface area contributed by atoms with E-state index in [9.17, 15) is 0 Å². The fraction of sp³-hybridized carbons (Fsp3) is 0.250. The van der Waals surface area contributed by atoms with Gasteiger partial charge < -0.3 is 20.9 Å². The van der Waals surface area contributed by atoms with Gasteiger partial charge in [-0.15, -0.1) is 0 Å². The minimum Gasteiger partial charge on any atom is -0.494 e. The van der Waals surface area contributed by atoms with Gasteiger partial charge >= 0.3 is 0 Å². The molecule has 0 aliphatic rings. The summed E-state index contributed by atoms with van der Waals surface area (Å²) >= 11 is 6.81. The van der Waals surface area contributed by atoms with Crippen molar-refractivity contribution in [3.8, 4) is 11.5 Å². The minimum absolute atomic E-state index is 0.565. The summed E-state index contributed by atoms with van der Waals surface area (Å²) in [6.45, 7) is 3.97. The molecule has 0 aliphatic heterocycles.